The summed E-state index contributed by atoms with van der Waals surface area (Å²) in [5.74, 6) is 0. The smallest absolute Gasteiger partial charge is 0.129 e. The van der Waals surface area contributed by atoms with Crippen molar-refractivity contribution < 1.29 is 0 Å². The molecule has 0 radical (unpaired) electrons. The van der Waals surface area contributed by atoms with Gasteiger partial charge in [-0.1, -0.05) is 17.7 Å². The molecule has 0 spiro atoms. The topological polar surface area (TPSA) is 28.2 Å². The molecule has 0 unspecified atom stereocenters. The molecule has 0 bridgehead atoms. The molecule has 2 rings (SSSR count). The predicted molar refractivity (Wildman–Crippen MR) is 62.0 cm³/mol. The lowest BCUT2D eigenvalue weighted by atomic mass is 10.2. The van der Waals surface area contributed by atoms with Crippen molar-refractivity contribution in [3.8, 4) is 0 Å². The average molecular weight is 226 g/mol. The van der Waals surface area contributed by atoms with E-state index in [-0.39, 0.29) is 0 Å². The molecule has 4 heteroatoms. The second kappa shape index (κ2) is 4.92. The molecule has 1 aliphatic heterocycles. The first-order valence-electron chi connectivity index (χ1n) is 5.31. The van der Waals surface area contributed by atoms with Crippen LogP contribution in [-0.4, -0.2) is 35.6 Å². The van der Waals surface area contributed by atoms with Crippen LogP contribution in [0.25, 0.3) is 0 Å². The standard InChI is InChI=1S/C11H16ClN3/c1-9-6-13-4-5-15(9)8-10-2-3-11(12)14-7-10/h2-3,7,9,13H,4-6,8H2,1H3/t9-/m0/s1. The van der Waals surface area contributed by atoms with E-state index in [0.29, 0.717) is 11.2 Å². The Morgan fingerprint density at radius 3 is 3.13 bits per heavy atom. The van der Waals surface area contributed by atoms with Gasteiger partial charge in [-0.25, -0.2) is 4.98 Å². The molecule has 1 aliphatic rings. The molecule has 2 heterocycles. The highest BCUT2D eigenvalue weighted by atomic mass is 35.5. The summed E-state index contributed by atoms with van der Waals surface area (Å²) in [5, 5.41) is 3.94. The molecular weight excluding hydrogens is 210 g/mol. The van der Waals surface area contributed by atoms with Crippen LogP contribution in [0.2, 0.25) is 5.15 Å². The van der Waals surface area contributed by atoms with Gasteiger partial charge in [0.25, 0.3) is 0 Å². The Balaban J connectivity index is 1.98. The highest BCUT2D eigenvalue weighted by Crippen LogP contribution is 2.11. The molecule has 1 saturated heterocycles. The van der Waals surface area contributed by atoms with Crippen molar-refractivity contribution in [1.29, 1.82) is 0 Å². The zero-order valence-electron chi connectivity index (χ0n) is 8.91. The van der Waals surface area contributed by atoms with E-state index in [2.05, 4.69) is 22.1 Å². The normalized spacial score (nSPS) is 22.9. The van der Waals surface area contributed by atoms with Crippen LogP contribution in [-0.2, 0) is 6.54 Å². The molecule has 0 aromatic carbocycles. The second-order valence-corrected chi connectivity index (χ2v) is 4.40. The van der Waals surface area contributed by atoms with Gasteiger partial charge in [0.05, 0.1) is 0 Å². The van der Waals surface area contributed by atoms with Gasteiger partial charge in [-0.2, -0.15) is 0 Å². The summed E-state index contributed by atoms with van der Waals surface area (Å²) >= 11 is 5.75. The molecule has 1 N–H and O–H groups in total. The van der Waals surface area contributed by atoms with E-state index < -0.39 is 0 Å². The lowest BCUT2D eigenvalue weighted by Gasteiger charge is -2.33. The fourth-order valence-electron chi connectivity index (χ4n) is 1.85. The van der Waals surface area contributed by atoms with E-state index in [9.17, 15) is 0 Å². The fraction of sp³-hybridized carbons (Fsp3) is 0.545. The Morgan fingerprint density at radius 1 is 1.60 bits per heavy atom. The number of rotatable bonds is 2. The maximum Gasteiger partial charge on any atom is 0.129 e. The van der Waals surface area contributed by atoms with Crippen LogP contribution < -0.4 is 5.32 Å². The van der Waals surface area contributed by atoms with E-state index in [1.807, 2.05) is 18.3 Å². The highest BCUT2D eigenvalue weighted by Gasteiger charge is 2.17. The Labute approximate surface area is 95.4 Å². The van der Waals surface area contributed by atoms with Gasteiger partial charge in [0, 0.05) is 38.4 Å². The lowest BCUT2D eigenvalue weighted by Crippen LogP contribution is -2.49. The number of pyridine rings is 1. The maximum atomic E-state index is 5.75. The third-order valence-electron chi connectivity index (χ3n) is 2.81. The number of halogens is 1. The number of piperazine rings is 1. The van der Waals surface area contributed by atoms with Gasteiger partial charge in [-0.3, -0.25) is 4.90 Å². The van der Waals surface area contributed by atoms with Gasteiger partial charge in [0.2, 0.25) is 0 Å². The van der Waals surface area contributed by atoms with Gasteiger partial charge in [-0.05, 0) is 18.6 Å². The molecule has 1 atom stereocenters. The summed E-state index contributed by atoms with van der Waals surface area (Å²) in [6.07, 6.45) is 1.86. The average Bonchev–Trinajstić information content (AvgIpc) is 2.25. The first-order valence-corrected chi connectivity index (χ1v) is 5.69. The van der Waals surface area contributed by atoms with Gasteiger partial charge in [0.15, 0.2) is 0 Å². The number of hydrogen-bond acceptors (Lipinski definition) is 3. The van der Waals surface area contributed by atoms with E-state index in [1.54, 1.807) is 0 Å². The third kappa shape index (κ3) is 2.91. The molecule has 82 valence electrons. The number of aromatic nitrogens is 1. The van der Waals surface area contributed by atoms with E-state index in [4.69, 9.17) is 11.6 Å². The van der Waals surface area contributed by atoms with Crippen LogP contribution in [0, 0.1) is 0 Å². The highest BCUT2D eigenvalue weighted by molar-refractivity contribution is 6.29. The van der Waals surface area contributed by atoms with Crippen molar-refractivity contribution in [3.05, 3.63) is 29.0 Å². The van der Waals surface area contributed by atoms with Crippen molar-refractivity contribution in [1.82, 2.24) is 15.2 Å². The molecule has 0 amide bonds. The minimum Gasteiger partial charge on any atom is -0.314 e. The zero-order valence-corrected chi connectivity index (χ0v) is 9.67. The van der Waals surface area contributed by atoms with Crippen molar-refractivity contribution in [2.24, 2.45) is 0 Å². The Kier molecular flexibility index (Phi) is 3.57. The summed E-state index contributed by atoms with van der Waals surface area (Å²) in [6, 6.07) is 4.49. The quantitative estimate of drug-likeness (QED) is 0.774. The van der Waals surface area contributed by atoms with Crippen LogP contribution in [0.4, 0.5) is 0 Å². The Bertz CT molecular complexity index is 312. The summed E-state index contributed by atoms with van der Waals surface area (Å²) in [7, 11) is 0. The summed E-state index contributed by atoms with van der Waals surface area (Å²) in [4.78, 5) is 6.55. The minimum atomic E-state index is 0.562. The molecule has 1 aromatic heterocycles. The fourth-order valence-corrected chi connectivity index (χ4v) is 1.96. The van der Waals surface area contributed by atoms with Gasteiger partial charge >= 0.3 is 0 Å². The number of nitrogens with zero attached hydrogens (tertiary/aromatic N) is 2. The Hall–Kier alpha value is -0.640. The molecule has 3 nitrogen and oxygen atoms in total. The van der Waals surface area contributed by atoms with Gasteiger partial charge < -0.3 is 5.32 Å². The Morgan fingerprint density at radius 2 is 2.47 bits per heavy atom. The van der Waals surface area contributed by atoms with Crippen LogP contribution in [0.1, 0.15) is 12.5 Å². The molecular formula is C11H16ClN3. The summed E-state index contributed by atoms with van der Waals surface area (Å²) < 4.78 is 0. The predicted octanol–water partition coefficient (Wildman–Crippen LogP) is 1.53. The summed E-state index contributed by atoms with van der Waals surface area (Å²) in [5.41, 5.74) is 1.23. The molecule has 15 heavy (non-hydrogen) atoms. The maximum absolute atomic E-state index is 5.75. The minimum absolute atomic E-state index is 0.562. The van der Waals surface area contributed by atoms with Crippen molar-refractivity contribution in [2.45, 2.75) is 19.5 Å². The van der Waals surface area contributed by atoms with E-state index in [0.717, 1.165) is 26.2 Å². The first kappa shape index (κ1) is 10.9. The zero-order chi connectivity index (χ0) is 10.7. The van der Waals surface area contributed by atoms with Gasteiger partial charge in [-0.15, -0.1) is 0 Å². The molecule has 1 fully saturated rings. The van der Waals surface area contributed by atoms with Crippen LogP contribution in [0.15, 0.2) is 18.3 Å². The molecule has 1 aromatic rings. The molecule has 0 saturated carbocycles. The lowest BCUT2D eigenvalue weighted by molar-refractivity contribution is 0.165. The van der Waals surface area contributed by atoms with Crippen LogP contribution >= 0.6 is 11.6 Å². The van der Waals surface area contributed by atoms with Gasteiger partial charge in [0.1, 0.15) is 5.15 Å². The number of hydrogen-bond donors (Lipinski definition) is 1. The SMILES string of the molecule is C[C@H]1CNCCN1Cc1ccc(Cl)nc1. The first-order chi connectivity index (χ1) is 7.25. The van der Waals surface area contributed by atoms with E-state index in [1.165, 1.54) is 5.56 Å². The van der Waals surface area contributed by atoms with E-state index >= 15 is 0 Å². The van der Waals surface area contributed by atoms with Crippen molar-refractivity contribution in [3.63, 3.8) is 0 Å². The van der Waals surface area contributed by atoms with Crippen LogP contribution in [0.5, 0.6) is 0 Å². The second-order valence-electron chi connectivity index (χ2n) is 4.01. The largest absolute Gasteiger partial charge is 0.314 e. The van der Waals surface area contributed by atoms with Crippen molar-refractivity contribution >= 4 is 11.6 Å². The monoisotopic (exact) mass is 225 g/mol. The van der Waals surface area contributed by atoms with Crippen LogP contribution in [0.3, 0.4) is 0 Å². The number of nitrogens with one attached hydrogen (secondary N) is 1. The van der Waals surface area contributed by atoms with Crippen molar-refractivity contribution in [2.75, 3.05) is 19.6 Å². The summed E-state index contributed by atoms with van der Waals surface area (Å²) in [6.45, 7) is 6.46. The molecule has 0 aliphatic carbocycles. The third-order valence-corrected chi connectivity index (χ3v) is 3.04.